The van der Waals surface area contributed by atoms with E-state index in [9.17, 15) is 19.7 Å². The van der Waals surface area contributed by atoms with Crippen LogP contribution in [0.1, 0.15) is 5.56 Å². The Morgan fingerprint density at radius 1 is 1.21 bits per heavy atom. The van der Waals surface area contributed by atoms with Crippen molar-refractivity contribution in [2.75, 3.05) is 5.32 Å². The third kappa shape index (κ3) is 4.41. The van der Waals surface area contributed by atoms with Crippen LogP contribution in [0.25, 0.3) is 11.3 Å². The molecule has 0 atom stereocenters. The fraction of sp³-hybridized carbons (Fsp3) is 0.105. The number of nitro benzene ring substituents is 1. The molecule has 3 aromatic rings. The summed E-state index contributed by atoms with van der Waals surface area (Å²) in [5, 5.41) is 14.0. The Hall–Kier alpha value is -3.52. The summed E-state index contributed by atoms with van der Waals surface area (Å²) in [4.78, 5) is 39.0. The minimum atomic E-state index is -0.508. The second kappa shape index (κ2) is 8.01. The number of nitrogens with one attached hydrogen (secondary N) is 1. The number of nitro groups is 1. The molecule has 1 amide bonds. The van der Waals surface area contributed by atoms with Gasteiger partial charge < -0.3 is 5.32 Å². The highest BCUT2D eigenvalue weighted by Crippen LogP contribution is 2.21. The highest BCUT2D eigenvalue weighted by molar-refractivity contribution is 6.30. The van der Waals surface area contributed by atoms with Crippen LogP contribution in [0.2, 0.25) is 5.02 Å². The van der Waals surface area contributed by atoms with Gasteiger partial charge in [-0.15, -0.1) is 0 Å². The van der Waals surface area contributed by atoms with Crippen LogP contribution in [0, 0.1) is 17.0 Å². The number of hydrogen-bond donors (Lipinski definition) is 1. The monoisotopic (exact) mass is 398 g/mol. The zero-order valence-electron chi connectivity index (χ0n) is 14.8. The van der Waals surface area contributed by atoms with Crippen LogP contribution in [0.5, 0.6) is 0 Å². The molecule has 3 rings (SSSR count). The van der Waals surface area contributed by atoms with E-state index < -0.39 is 10.8 Å². The van der Waals surface area contributed by atoms with Crippen molar-refractivity contribution in [2.24, 2.45) is 0 Å². The molecule has 142 valence electrons. The van der Waals surface area contributed by atoms with Gasteiger partial charge in [0.2, 0.25) is 5.91 Å². The van der Waals surface area contributed by atoms with Crippen molar-refractivity contribution >= 4 is 28.9 Å². The van der Waals surface area contributed by atoms with E-state index in [1.807, 2.05) is 0 Å². The first-order chi connectivity index (χ1) is 13.3. The molecule has 9 heteroatoms. The Kier molecular flexibility index (Phi) is 5.51. The largest absolute Gasteiger partial charge is 0.324 e. The number of carbonyl (C=O) groups is 1. The van der Waals surface area contributed by atoms with E-state index in [1.165, 1.54) is 35.2 Å². The number of carbonyl (C=O) groups excluding carboxylic acids is 1. The van der Waals surface area contributed by atoms with Crippen LogP contribution in [-0.2, 0) is 11.3 Å². The van der Waals surface area contributed by atoms with Crippen molar-refractivity contribution in [3.63, 3.8) is 0 Å². The summed E-state index contributed by atoms with van der Waals surface area (Å²) in [6, 6.07) is 12.4. The van der Waals surface area contributed by atoms with Crippen LogP contribution in [-0.4, -0.2) is 20.4 Å². The summed E-state index contributed by atoms with van der Waals surface area (Å²) in [6.45, 7) is 1.42. The lowest BCUT2D eigenvalue weighted by molar-refractivity contribution is -0.384. The topological polar surface area (TPSA) is 107 Å². The highest BCUT2D eigenvalue weighted by atomic mass is 35.5. The Morgan fingerprint density at radius 2 is 1.93 bits per heavy atom. The maximum absolute atomic E-state index is 12.3. The zero-order chi connectivity index (χ0) is 20.3. The molecule has 0 unspecified atom stereocenters. The second-order valence-corrected chi connectivity index (χ2v) is 6.49. The summed E-state index contributed by atoms with van der Waals surface area (Å²) >= 11 is 5.85. The van der Waals surface area contributed by atoms with Gasteiger partial charge >= 0.3 is 0 Å². The summed E-state index contributed by atoms with van der Waals surface area (Å²) < 4.78 is 1.18. The maximum Gasteiger partial charge on any atom is 0.269 e. The quantitative estimate of drug-likeness (QED) is 0.523. The van der Waals surface area contributed by atoms with Crippen molar-refractivity contribution in [1.82, 2.24) is 9.55 Å². The van der Waals surface area contributed by atoms with Gasteiger partial charge in [0.1, 0.15) is 6.54 Å². The van der Waals surface area contributed by atoms with Crippen molar-refractivity contribution in [3.05, 3.63) is 85.9 Å². The van der Waals surface area contributed by atoms with E-state index in [0.717, 1.165) is 5.56 Å². The molecule has 0 spiro atoms. The lowest BCUT2D eigenvalue weighted by Crippen LogP contribution is -2.27. The van der Waals surface area contributed by atoms with Crippen molar-refractivity contribution < 1.29 is 9.72 Å². The average Bonchev–Trinajstić information content (AvgIpc) is 2.65. The third-order valence-corrected chi connectivity index (χ3v) is 4.28. The van der Waals surface area contributed by atoms with Crippen molar-refractivity contribution in [3.8, 4) is 11.3 Å². The first-order valence-corrected chi connectivity index (χ1v) is 8.58. The minimum Gasteiger partial charge on any atom is -0.324 e. The zero-order valence-corrected chi connectivity index (χ0v) is 15.5. The lowest BCUT2D eigenvalue weighted by Gasteiger charge is -2.10. The molecule has 0 saturated carbocycles. The van der Waals surface area contributed by atoms with Crippen LogP contribution >= 0.6 is 11.6 Å². The van der Waals surface area contributed by atoms with Gasteiger partial charge in [-0.05, 0) is 30.7 Å². The lowest BCUT2D eigenvalue weighted by atomic mass is 10.1. The molecule has 0 saturated heterocycles. The van der Waals surface area contributed by atoms with Gasteiger partial charge in [0.05, 0.1) is 16.9 Å². The summed E-state index contributed by atoms with van der Waals surface area (Å²) in [5.74, 6) is -0.444. The number of nitrogens with zero attached hydrogens (tertiary/aromatic N) is 3. The predicted molar refractivity (Wildman–Crippen MR) is 105 cm³/mol. The molecule has 0 fully saturated rings. The molecule has 0 bridgehead atoms. The smallest absolute Gasteiger partial charge is 0.269 e. The molecule has 1 N–H and O–H groups in total. The number of amides is 1. The average molecular weight is 399 g/mol. The Labute approximate surface area is 164 Å². The number of non-ortho nitro benzene ring substituents is 1. The number of aromatic nitrogens is 2. The van der Waals surface area contributed by atoms with E-state index in [1.54, 1.807) is 31.2 Å². The second-order valence-electron chi connectivity index (χ2n) is 6.05. The number of halogens is 1. The summed E-state index contributed by atoms with van der Waals surface area (Å²) in [5.41, 5.74) is 1.76. The molecular weight excluding hydrogens is 384 g/mol. The number of anilines is 1. The Morgan fingerprint density at radius 3 is 2.54 bits per heavy atom. The number of benzene rings is 2. The van der Waals surface area contributed by atoms with Gasteiger partial charge in [-0.2, -0.15) is 0 Å². The first kappa shape index (κ1) is 19.2. The Bertz CT molecular complexity index is 1110. The normalized spacial score (nSPS) is 10.5. The molecule has 8 nitrogen and oxygen atoms in total. The number of hydrogen-bond acceptors (Lipinski definition) is 5. The van der Waals surface area contributed by atoms with Gasteiger partial charge in [0.25, 0.3) is 11.2 Å². The molecule has 0 aliphatic carbocycles. The minimum absolute atomic E-state index is 0.0614. The van der Waals surface area contributed by atoms with E-state index in [4.69, 9.17) is 11.6 Å². The molecule has 28 heavy (non-hydrogen) atoms. The summed E-state index contributed by atoms with van der Waals surface area (Å²) in [6.07, 6.45) is 1.30. The van der Waals surface area contributed by atoms with E-state index in [-0.39, 0.29) is 17.8 Å². The van der Waals surface area contributed by atoms with Gasteiger partial charge in [-0.1, -0.05) is 23.7 Å². The van der Waals surface area contributed by atoms with Gasteiger partial charge in [0.15, 0.2) is 0 Å². The fourth-order valence-electron chi connectivity index (χ4n) is 2.57. The highest BCUT2D eigenvalue weighted by Gasteiger charge is 2.12. The molecule has 1 aromatic heterocycles. The van der Waals surface area contributed by atoms with E-state index in [0.29, 0.717) is 22.0 Å². The standard InChI is InChI=1S/C19H15ClN4O4/c1-12-8-15(24(27)28)6-7-16(12)22-18(25)10-23-11-21-17(9-19(23)26)13-2-4-14(20)5-3-13/h2-9,11H,10H2,1H3,(H,22,25). The SMILES string of the molecule is Cc1cc([N+](=O)[O-])ccc1NC(=O)Cn1cnc(-c2ccc(Cl)cc2)cc1=O. The molecule has 0 aliphatic heterocycles. The number of rotatable bonds is 5. The van der Waals surface area contributed by atoms with Crippen molar-refractivity contribution in [2.45, 2.75) is 13.5 Å². The third-order valence-electron chi connectivity index (χ3n) is 4.03. The maximum atomic E-state index is 12.3. The van der Waals surface area contributed by atoms with Gasteiger partial charge in [0, 0.05) is 34.5 Å². The van der Waals surface area contributed by atoms with Crippen LogP contribution in [0.4, 0.5) is 11.4 Å². The molecule has 0 radical (unpaired) electrons. The molecular formula is C19H15ClN4O4. The van der Waals surface area contributed by atoms with Crippen LogP contribution in [0.15, 0.2) is 59.7 Å². The Balaban J connectivity index is 1.73. The fourth-order valence-corrected chi connectivity index (χ4v) is 2.70. The van der Waals surface area contributed by atoms with Gasteiger partial charge in [-0.3, -0.25) is 24.3 Å². The van der Waals surface area contributed by atoms with Gasteiger partial charge in [-0.25, -0.2) is 4.98 Å². The number of aryl methyl sites for hydroxylation is 1. The van der Waals surface area contributed by atoms with E-state index in [2.05, 4.69) is 10.3 Å². The predicted octanol–water partition coefficient (Wildman–Crippen LogP) is 3.42. The molecule has 0 aliphatic rings. The molecule has 1 heterocycles. The van der Waals surface area contributed by atoms with Crippen LogP contribution < -0.4 is 10.9 Å². The summed E-state index contributed by atoms with van der Waals surface area (Å²) in [7, 11) is 0. The van der Waals surface area contributed by atoms with E-state index >= 15 is 0 Å². The first-order valence-electron chi connectivity index (χ1n) is 8.21. The van der Waals surface area contributed by atoms with Crippen LogP contribution in [0.3, 0.4) is 0 Å². The molecule has 2 aromatic carbocycles. The van der Waals surface area contributed by atoms with Crippen molar-refractivity contribution in [1.29, 1.82) is 0 Å².